The standard InChI is InChI=1S/C24H22FN3O3S/c1-15-4-9-20-17(12-22(29)31-21(20)11-15)14-32-24-27-26-23(16-5-7-18(25)8-6-16)28(24)13-19-3-2-10-30-19/h4-9,11-12,19H,2-3,10,13-14H2,1H3. The number of hydrogen-bond acceptors (Lipinski definition) is 6. The Balaban J connectivity index is 1.47. The molecule has 8 heteroatoms. The zero-order chi connectivity index (χ0) is 22.1. The van der Waals surface area contributed by atoms with Crippen LogP contribution in [0.4, 0.5) is 4.39 Å². The maximum absolute atomic E-state index is 13.4. The number of nitrogens with zero attached hydrogens (tertiary/aromatic N) is 3. The van der Waals surface area contributed by atoms with E-state index in [2.05, 4.69) is 10.2 Å². The van der Waals surface area contributed by atoms with Crippen LogP contribution in [0.25, 0.3) is 22.4 Å². The van der Waals surface area contributed by atoms with E-state index in [1.807, 2.05) is 29.7 Å². The molecule has 0 aliphatic carbocycles. The molecular formula is C24H22FN3O3S. The molecule has 4 aromatic rings. The van der Waals surface area contributed by atoms with Crippen LogP contribution in [0, 0.1) is 12.7 Å². The van der Waals surface area contributed by atoms with E-state index in [4.69, 9.17) is 9.15 Å². The fourth-order valence-corrected chi connectivity index (χ4v) is 4.90. The molecule has 2 aromatic carbocycles. The molecule has 1 unspecified atom stereocenters. The van der Waals surface area contributed by atoms with Crippen molar-refractivity contribution >= 4 is 22.7 Å². The van der Waals surface area contributed by atoms with Gasteiger partial charge in [-0.05, 0) is 61.2 Å². The molecule has 1 aliphatic heterocycles. The predicted octanol–water partition coefficient (Wildman–Crippen LogP) is 4.97. The van der Waals surface area contributed by atoms with Gasteiger partial charge in [0.15, 0.2) is 11.0 Å². The van der Waals surface area contributed by atoms with Crippen LogP contribution in [-0.2, 0) is 17.0 Å². The van der Waals surface area contributed by atoms with Gasteiger partial charge in [0.1, 0.15) is 11.4 Å². The van der Waals surface area contributed by atoms with Crippen molar-refractivity contribution in [2.45, 2.75) is 43.3 Å². The summed E-state index contributed by atoms with van der Waals surface area (Å²) in [6.45, 7) is 3.34. The second-order valence-electron chi connectivity index (χ2n) is 7.94. The third kappa shape index (κ3) is 4.33. The molecule has 5 rings (SSSR count). The number of rotatable bonds is 6. The number of aryl methyl sites for hydroxylation is 1. The van der Waals surface area contributed by atoms with Gasteiger partial charge in [0.2, 0.25) is 0 Å². The first-order valence-electron chi connectivity index (χ1n) is 10.5. The Bertz CT molecular complexity index is 1310. The summed E-state index contributed by atoms with van der Waals surface area (Å²) < 4.78 is 26.7. The van der Waals surface area contributed by atoms with Crippen LogP contribution in [0.3, 0.4) is 0 Å². The van der Waals surface area contributed by atoms with Gasteiger partial charge in [0.25, 0.3) is 0 Å². The maximum atomic E-state index is 13.4. The highest BCUT2D eigenvalue weighted by Gasteiger charge is 2.22. The third-order valence-corrected chi connectivity index (χ3v) is 6.59. The molecular weight excluding hydrogens is 429 g/mol. The molecule has 0 saturated carbocycles. The van der Waals surface area contributed by atoms with Gasteiger partial charge in [-0.2, -0.15) is 0 Å². The van der Waals surface area contributed by atoms with Crippen molar-refractivity contribution < 1.29 is 13.5 Å². The first-order valence-corrected chi connectivity index (χ1v) is 11.5. The summed E-state index contributed by atoms with van der Waals surface area (Å²) in [7, 11) is 0. The molecule has 0 spiro atoms. The van der Waals surface area contributed by atoms with Gasteiger partial charge >= 0.3 is 5.63 Å². The second-order valence-corrected chi connectivity index (χ2v) is 8.88. The van der Waals surface area contributed by atoms with E-state index < -0.39 is 0 Å². The zero-order valence-electron chi connectivity index (χ0n) is 17.6. The summed E-state index contributed by atoms with van der Waals surface area (Å²) in [5, 5.41) is 10.4. The molecule has 1 atom stereocenters. The molecule has 1 aliphatic rings. The topological polar surface area (TPSA) is 70.2 Å². The summed E-state index contributed by atoms with van der Waals surface area (Å²) in [4.78, 5) is 12.1. The van der Waals surface area contributed by atoms with Crippen LogP contribution >= 0.6 is 11.8 Å². The normalized spacial score (nSPS) is 16.1. The first kappa shape index (κ1) is 20.9. The average molecular weight is 452 g/mol. The largest absolute Gasteiger partial charge is 0.423 e. The van der Waals surface area contributed by atoms with E-state index in [1.54, 1.807) is 12.1 Å². The van der Waals surface area contributed by atoms with Crippen molar-refractivity contribution in [2.24, 2.45) is 0 Å². The van der Waals surface area contributed by atoms with Crippen molar-refractivity contribution in [3.8, 4) is 11.4 Å². The van der Waals surface area contributed by atoms with Crippen LogP contribution in [0.2, 0.25) is 0 Å². The van der Waals surface area contributed by atoms with E-state index in [9.17, 15) is 9.18 Å². The first-order chi connectivity index (χ1) is 15.6. The van der Waals surface area contributed by atoms with Gasteiger partial charge in [0, 0.05) is 29.4 Å². The van der Waals surface area contributed by atoms with Gasteiger partial charge in [-0.3, -0.25) is 4.57 Å². The lowest BCUT2D eigenvalue weighted by Crippen LogP contribution is -2.16. The molecule has 6 nitrogen and oxygen atoms in total. The van der Waals surface area contributed by atoms with Crippen molar-refractivity contribution in [3.63, 3.8) is 0 Å². The minimum Gasteiger partial charge on any atom is -0.423 e. The summed E-state index contributed by atoms with van der Waals surface area (Å²) >= 11 is 1.51. The number of hydrogen-bond donors (Lipinski definition) is 0. The van der Waals surface area contributed by atoms with Crippen LogP contribution in [0.1, 0.15) is 24.0 Å². The van der Waals surface area contributed by atoms with Gasteiger partial charge < -0.3 is 9.15 Å². The summed E-state index contributed by atoms with van der Waals surface area (Å²) in [5.74, 6) is 0.924. The summed E-state index contributed by atoms with van der Waals surface area (Å²) in [6.07, 6.45) is 2.11. The number of fused-ring (bicyclic) bond motifs is 1. The van der Waals surface area contributed by atoms with Crippen LogP contribution in [0.15, 0.2) is 62.9 Å². The maximum Gasteiger partial charge on any atom is 0.336 e. The second kappa shape index (κ2) is 8.88. The molecule has 164 valence electrons. The Hall–Kier alpha value is -2.97. The molecule has 1 fully saturated rings. The third-order valence-electron chi connectivity index (χ3n) is 5.57. The van der Waals surface area contributed by atoms with E-state index in [-0.39, 0.29) is 17.5 Å². The Morgan fingerprint density at radius 3 is 2.78 bits per heavy atom. The SMILES string of the molecule is Cc1ccc2c(CSc3nnc(-c4ccc(F)cc4)n3CC3CCCO3)cc(=O)oc2c1. The molecule has 2 aromatic heterocycles. The Morgan fingerprint density at radius 2 is 2.00 bits per heavy atom. The minimum absolute atomic E-state index is 0.0946. The van der Waals surface area contributed by atoms with Crippen LogP contribution in [0.5, 0.6) is 0 Å². The molecule has 0 bridgehead atoms. The van der Waals surface area contributed by atoms with Gasteiger partial charge in [-0.15, -0.1) is 10.2 Å². The predicted molar refractivity (Wildman–Crippen MR) is 121 cm³/mol. The highest BCUT2D eigenvalue weighted by molar-refractivity contribution is 7.98. The Labute approximate surface area is 188 Å². The van der Waals surface area contributed by atoms with Crippen LogP contribution < -0.4 is 5.63 Å². The quantitative estimate of drug-likeness (QED) is 0.305. The van der Waals surface area contributed by atoms with E-state index in [0.717, 1.165) is 46.7 Å². The van der Waals surface area contributed by atoms with Crippen molar-refractivity contribution in [3.05, 3.63) is 75.9 Å². The number of ether oxygens (including phenoxy) is 1. The number of halogens is 1. The number of benzene rings is 2. The molecule has 0 radical (unpaired) electrons. The van der Waals surface area contributed by atoms with E-state index in [0.29, 0.717) is 23.7 Å². The summed E-state index contributed by atoms with van der Waals surface area (Å²) in [6, 6.07) is 13.6. The van der Waals surface area contributed by atoms with Gasteiger partial charge in [0.05, 0.1) is 12.6 Å². The highest BCUT2D eigenvalue weighted by atomic mass is 32.2. The monoisotopic (exact) mass is 451 g/mol. The molecule has 1 saturated heterocycles. The average Bonchev–Trinajstić information content (AvgIpc) is 3.43. The molecule has 0 N–H and O–H groups in total. The molecule has 32 heavy (non-hydrogen) atoms. The Morgan fingerprint density at radius 1 is 1.16 bits per heavy atom. The molecule has 3 heterocycles. The lowest BCUT2D eigenvalue weighted by molar-refractivity contribution is 0.0953. The highest BCUT2D eigenvalue weighted by Crippen LogP contribution is 2.30. The summed E-state index contributed by atoms with van der Waals surface area (Å²) in [5.41, 5.74) is 2.93. The Kier molecular flexibility index (Phi) is 5.80. The van der Waals surface area contributed by atoms with E-state index >= 15 is 0 Å². The van der Waals surface area contributed by atoms with Gasteiger partial charge in [-0.1, -0.05) is 23.9 Å². The zero-order valence-corrected chi connectivity index (χ0v) is 18.4. The smallest absolute Gasteiger partial charge is 0.336 e. The number of thioether (sulfide) groups is 1. The fraction of sp³-hybridized carbons (Fsp3) is 0.292. The van der Waals surface area contributed by atoms with Crippen LogP contribution in [-0.4, -0.2) is 27.5 Å². The van der Waals surface area contributed by atoms with Crippen molar-refractivity contribution in [1.29, 1.82) is 0 Å². The lowest BCUT2D eigenvalue weighted by Gasteiger charge is -2.15. The van der Waals surface area contributed by atoms with Crippen molar-refractivity contribution in [2.75, 3.05) is 6.61 Å². The van der Waals surface area contributed by atoms with E-state index in [1.165, 1.54) is 30.0 Å². The van der Waals surface area contributed by atoms with Gasteiger partial charge in [-0.25, -0.2) is 9.18 Å². The molecule has 0 amide bonds. The fourth-order valence-electron chi connectivity index (χ4n) is 3.96. The number of aromatic nitrogens is 3. The van der Waals surface area contributed by atoms with Crippen molar-refractivity contribution in [1.82, 2.24) is 14.8 Å². The lowest BCUT2D eigenvalue weighted by atomic mass is 10.1. The minimum atomic E-state index is -0.369.